The SMILES string of the molecule is COC(=O)N[C@@H](C(=O)N1CCC[C@H]1c1nc2ccc(-c3ccc(-c4cnc([C@@H]5CCCN5C(=O)[C@H](NC(=O)O)c5ccccc5)[nH]4)cc3)cc2[nH]1)c1ccccc1. The number of amides is 4. The van der Waals surface area contributed by atoms with Crippen molar-refractivity contribution >= 4 is 35.0 Å². The van der Waals surface area contributed by atoms with Crippen molar-refractivity contribution in [3.63, 3.8) is 0 Å². The van der Waals surface area contributed by atoms with Gasteiger partial charge in [-0.15, -0.1) is 0 Å². The first kappa shape index (κ1) is 37.0. The van der Waals surface area contributed by atoms with Gasteiger partial charge in [-0.05, 0) is 65.6 Å². The van der Waals surface area contributed by atoms with Crippen LogP contribution in [-0.4, -0.2) is 79.0 Å². The second-order valence-corrected chi connectivity index (χ2v) is 14.3. The molecule has 8 rings (SSSR count). The first-order valence-corrected chi connectivity index (χ1v) is 19.0. The minimum atomic E-state index is -1.26. The number of aromatic amines is 2. The highest BCUT2D eigenvalue weighted by molar-refractivity contribution is 5.88. The molecular formula is C43H42N8O6. The fourth-order valence-corrected chi connectivity index (χ4v) is 7.99. The quantitative estimate of drug-likeness (QED) is 0.0982. The van der Waals surface area contributed by atoms with Gasteiger partial charge in [0.2, 0.25) is 0 Å². The number of carboxylic acid groups (broad SMARTS) is 1. The lowest BCUT2D eigenvalue weighted by molar-refractivity contribution is -0.135. The van der Waals surface area contributed by atoms with Crippen LogP contribution in [-0.2, 0) is 14.3 Å². The molecule has 5 N–H and O–H groups in total. The summed E-state index contributed by atoms with van der Waals surface area (Å²) >= 11 is 0. The van der Waals surface area contributed by atoms with Crippen molar-refractivity contribution in [1.29, 1.82) is 0 Å². The Morgan fingerprint density at radius 2 is 1.28 bits per heavy atom. The first-order valence-electron chi connectivity index (χ1n) is 19.0. The molecule has 2 aromatic heterocycles. The number of benzene rings is 4. The average molecular weight is 767 g/mol. The van der Waals surface area contributed by atoms with E-state index in [1.54, 1.807) is 40.3 Å². The number of alkyl carbamates (subject to hydrolysis) is 1. The van der Waals surface area contributed by atoms with E-state index in [1.165, 1.54) is 7.11 Å². The molecule has 0 unspecified atom stereocenters. The molecule has 4 atom stereocenters. The minimum absolute atomic E-state index is 0.224. The number of nitrogens with zero attached hydrogens (tertiary/aromatic N) is 4. The minimum Gasteiger partial charge on any atom is -0.465 e. The molecule has 4 amide bonds. The van der Waals surface area contributed by atoms with Gasteiger partial charge in [-0.25, -0.2) is 19.6 Å². The summed E-state index contributed by atoms with van der Waals surface area (Å²) in [5.41, 5.74) is 6.61. The fraction of sp³-hybridized carbons (Fsp3) is 0.256. The number of fused-ring (bicyclic) bond motifs is 1. The van der Waals surface area contributed by atoms with Crippen LogP contribution in [0.2, 0.25) is 0 Å². The van der Waals surface area contributed by atoms with Gasteiger partial charge in [0, 0.05) is 13.1 Å². The first-order chi connectivity index (χ1) is 27.8. The summed E-state index contributed by atoms with van der Waals surface area (Å²) in [7, 11) is 1.27. The van der Waals surface area contributed by atoms with Gasteiger partial charge in [-0.3, -0.25) is 9.59 Å². The number of carbonyl (C=O) groups excluding carboxylic acids is 3. The molecule has 4 aromatic carbocycles. The zero-order chi connectivity index (χ0) is 39.5. The van der Waals surface area contributed by atoms with Crippen LogP contribution in [0.4, 0.5) is 9.59 Å². The Morgan fingerprint density at radius 1 is 0.719 bits per heavy atom. The number of rotatable bonds is 10. The lowest BCUT2D eigenvalue weighted by Crippen LogP contribution is -2.42. The zero-order valence-electron chi connectivity index (χ0n) is 31.2. The number of hydrogen-bond acceptors (Lipinski definition) is 7. The fourth-order valence-electron chi connectivity index (χ4n) is 7.99. The Bertz CT molecular complexity index is 2400. The van der Waals surface area contributed by atoms with Crippen molar-refractivity contribution < 1.29 is 29.0 Å². The predicted octanol–water partition coefficient (Wildman–Crippen LogP) is 7.05. The lowest BCUT2D eigenvalue weighted by Gasteiger charge is -2.28. The van der Waals surface area contributed by atoms with Gasteiger partial charge < -0.3 is 40.2 Å². The number of aromatic nitrogens is 4. The van der Waals surface area contributed by atoms with Crippen LogP contribution in [0.3, 0.4) is 0 Å². The van der Waals surface area contributed by atoms with E-state index in [2.05, 4.69) is 31.7 Å². The number of carbonyl (C=O) groups is 4. The molecule has 2 saturated heterocycles. The molecule has 0 saturated carbocycles. The molecule has 290 valence electrons. The summed E-state index contributed by atoms with van der Waals surface area (Å²) in [4.78, 5) is 71.5. The molecule has 6 aromatic rings. The van der Waals surface area contributed by atoms with Gasteiger partial charge in [0.05, 0.1) is 42.1 Å². The highest BCUT2D eigenvalue weighted by Crippen LogP contribution is 2.36. The predicted molar refractivity (Wildman–Crippen MR) is 212 cm³/mol. The topological polar surface area (TPSA) is 186 Å². The van der Waals surface area contributed by atoms with Crippen molar-refractivity contribution in [1.82, 2.24) is 40.4 Å². The molecule has 0 aliphatic carbocycles. The second kappa shape index (κ2) is 16.0. The molecule has 2 aliphatic heterocycles. The number of methoxy groups -OCH3 is 1. The molecule has 14 nitrogen and oxygen atoms in total. The van der Waals surface area contributed by atoms with Gasteiger partial charge in [-0.2, -0.15) is 0 Å². The smallest absolute Gasteiger partial charge is 0.407 e. The summed E-state index contributed by atoms with van der Waals surface area (Å²) in [5, 5.41) is 14.6. The highest BCUT2D eigenvalue weighted by atomic mass is 16.5. The lowest BCUT2D eigenvalue weighted by atomic mass is 10.0. The normalized spacial score (nSPS) is 17.6. The Hall–Kier alpha value is -6.96. The van der Waals surface area contributed by atoms with Gasteiger partial charge in [0.25, 0.3) is 11.8 Å². The van der Waals surface area contributed by atoms with Crippen molar-refractivity contribution in [2.45, 2.75) is 49.9 Å². The van der Waals surface area contributed by atoms with E-state index in [-0.39, 0.29) is 23.9 Å². The van der Waals surface area contributed by atoms with Crippen LogP contribution in [0.25, 0.3) is 33.4 Å². The largest absolute Gasteiger partial charge is 0.465 e. The second-order valence-electron chi connectivity index (χ2n) is 14.3. The third-order valence-electron chi connectivity index (χ3n) is 10.8. The number of ether oxygens (including phenoxy) is 1. The molecular weight excluding hydrogens is 725 g/mol. The van der Waals surface area contributed by atoms with E-state index in [4.69, 9.17) is 9.72 Å². The van der Waals surface area contributed by atoms with Crippen molar-refractivity contribution in [3.8, 4) is 22.4 Å². The zero-order valence-corrected chi connectivity index (χ0v) is 31.2. The Kier molecular flexibility index (Phi) is 10.4. The van der Waals surface area contributed by atoms with E-state index >= 15 is 0 Å². The third-order valence-corrected chi connectivity index (χ3v) is 10.8. The van der Waals surface area contributed by atoms with Gasteiger partial charge in [0.15, 0.2) is 0 Å². The Balaban J connectivity index is 0.974. The van der Waals surface area contributed by atoms with Crippen LogP contribution in [0.15, 0.2) is 109 Å². The molecule has 0 radical (unpaired) electrons. The molecule has 2 aliphatic rings. The standard InChI is InChI=1S/C43H42N8O6/c1-57-43(56)49-37(29-12-6-3-7-13-29)41(53)51-23-9-15-35(51)39-45-31-21-20-30(24-32(31)46-39)26-16-18-27(19-17-26)33-25-44-38(47-33)34-14-8-22-50(34)40(52)36(48-42(54)55)28-10-4-2-5-11-28/h2-7,10-13,16-21,24-25,34-37,48H,8-9,14-15,22-23H2,1H3,(H,44,47)(H,45,46)(H,49,56)(H,54,55)/t34-,35-,36+,37+/m0/s1. The summed E-state index contributed by atoms with van der Waals surface area (Å²) in [5.74, 6) is 0.812. The third kappa shape index (κ3) is 7.66. The van der Waals surface area contributed by atoms with Crippen LogP contribution < -0.4 is 10.6 Å². The van der Waals surface area contributed by atoms with Crippen LogP contribution >= 0.6 is 0 Å². The average Bonchev–Trinajstić information content (AvgIpc) is 4.08. The highest BCUT2D eigenvalue weighted by Gasteiger charge is 2.38. The molecule has 0 bridgehead atoms. The van der Waals surface area contributed by atoms with Crippen LogP contribution in [0.5, 0.6) is 0 Å². The van der Waals surface area contributed by atoms with E-state index in [1.807, 2.05) is 72.8 Å². The summed E-state index contributed by atoms with van der Waals surface area (Å²) in [6, 6.07) is 29.7. The van der Waals surface area contributed by atoms with Crippen molar-refractivity contribution in [3.05, 3.63) is 132 Å². The summed E-state index contributed by atoms with van der Waals surface area (Å²) in [6.07, 6.45) is 2.84. The summed E-state index contributed by atoms with van der Waals surface area (Å²) in [6.45, 7) is 1.04. The molecule has 0 spiro atoms. The number of likely N-dealkylation sites (tertiary alicyclic amines) is 2. The maximum atomic E-state index is 14.0. The van der Waals surface area contributed by atoms with Crippen LogP contribution in [0, 0.1) is 0 Å². The maximum absolute atomic E-state index is 14.0. The van der Waals surface area contributed by atoms with E-state index < -0.39 is 24.3 Å². The Labute approximate surface area is 328 Å². The molecule has 57 heavy (non-hydrogen) atoms. The van der Waals surface area contributed by atoms with Gasteiger partial charge in [0.1, 0.15) is 23.7 Å². The monoisotopic (exact) mass is 766 g/mol. The number of hydrogen-bond donors (Lipinski definition) is 5. The maximum Gasteiger partial charge on any atom is 0.407 e. The number of nitrogens with one attached hydrogen (secondary N) is 4. The molecule has 14 heteroatoms. The van der Waals surface area contributed by atoms with Gasteiger partial charge >= 0.3 is 12.2 Å². The summed E-state index contributed by atoms with van der Waals surface area (Å²) < 4.78 is 4.83. The van der Waals surface area contributed by atoms with Crippen LogP contribution in [0.1, 0.15) is 72.6 Å². The van der Waals surface area contributed by atoms with Gasteiger partial charge in [-0.1, -0.05) is 91.0 Å². The molecule has 2 fully saturated rings. The van der Waals surface area contributed by atoms with Crippen molar-refractivity contribution in [2.24, 2.45) is 0 Å². The van der Waals surface area contributed by atoms with Crippen molar-refractivity contribution in [2.75, 3.05) is 20.2 Å². The Morgan fingerprint density at radius 3 is 1.88 bits per heavy atom. The number of imidazole rings is 2. The molecule has 4 heterocycles. The van der Waals surface area contributed by atoms with E-state index in [0.29, 0.717) is 42.3 Å². The number of H-pyrrole nitrogens is 2. The van der Waals surface area contributed by atoms with E-state index in [0.717, 1.165) is 52.7 Å². The van der Waals surface area contributed by atoms with E-state index in [9.17, 15) is 24.3 Å².